The van der Waals surface area contributed by atoms with Crippen LogP contribution < -0.4 is 5.90 Å². The Labute approximate surface area is 136 Å². The standard InChI is InChI=1S/C17H32O3.H3NO/c1-9-18-15(4)12-19-14(3)11-10-13(2)16(5)20-17(6,7)8;1-2/h10,14,16H,4,9,11-12H2,1-3,5-8H3;2H,1H2/b13-10+;. The van der Waals surface area contributed by atoms with Crippen molar-refractivity contribution in [3.8, 4) is 0 Å². The molecule has 2 unspecified atom stereocenters. The van der Waals surface area contributed by atoms with E-state index in [-0.39, 0.29) is 17.8 Å². The van der Waals surface area contributed by atoms with Gasteiger partial charge in [0.2, 0.25) is 0 Å². The van der Waals surface area contributed by atoms with Crippen molar-refractivity contribution in [3.63, 3.8) is 0 Å². The first-order valence-electron chi connectivity index (χ1n) is 7.68. The van der Waals surface area contributed by atoms with Crippen LogP contribution in [-0.2, 0) is 14.2 Å². The minimum absolute atomic E-state index is 0.119. The lowest BCUT2D eigenvalue weighted by atomic mass is 10.1. The van der Waals surface area contributed by atoms with Gasteiger partial charge in [-0.3, -0.25) is 0 Å². The topological polar surface area (TPSA) is 73.9 Å². The van der Waals surface area contributed by atoms with Crippen LogP contribution in [0.25, 0.3) is 0 Å². The highest BCUT2D eigenvalue weighted by Gasteiger charge is 2.16. The van der Waals surface area contributed by atoms with Crippen LogP contribution in [0.15, 0.2) is 24.0 Å². The van der Waals surface area contributed by atoms with Crippen LogP contribution >= 0.6 is 0 Å². The summed E-state index contributed by atoms with van der Waals surface area (Å²) in [7, 11) is 0. The first kappa shape index (κ1) is 23.4. The molecule has 0 radical (unpaired) electrons. The molecule has 0 heterocycles. The van der Waals surface area contributed by atoms with Gasteiger partial charge in [-0.2, -0.15) is 0 Å². The van der Waals surface area contributed by atoms with E-state index in [1.54, 1.807) is 0 Å². The molecule has 2 atom stereocenters. The van der Waals surface area contributed by atoms with E-state index in [1.807, 2.05) is 6.92 Å². The van der Waals surface area contributed by atoms with Gasteiger partial charge in [-0.1, -0.05) is 12.7 Å². The normalized spacial score (nSPS) is 14.7. The molecular formula is C17H35NO4. The van der Waals surface area contributed by atoms with Crippen LogP contribution in [0.2, 0.25) is 0 Å². The summed E-state index contributed by atoms with van der Waals surface area (Å²) in [4.78, 5) is 0. The van der Waals surface area contributed by atoms with Gasteiger partial charge in [0.05, 0.1) is 24.4 Å². The molecule has 132 valence electrons. The summed E-state index contributed by atoms with van der Waals surface area (Å²) in [5.41, 5.74) is 1.12. The van der Waals surface area contributed by atoms with Gasteiger partial charge in [-0.05, 0) is 60.5 Å². The maximum Gasteiger partial charge on any atom is 0.114 e. The summed E-state index contributed by atoms with van der Waals surface area (Å²) in [6.45, 7) is 19.3. The second kappa shape index (κ2) is 12.6. The monoisotopic (exact) mass is 317 g/mol. The average Bonchev–Trinajstić information content (AvgIpc) is 2.43. The molecule has 0 saturated carbocycles. The van der Waals surface area contributed by atoms with Gasteiger partial charge in [0.25, 0.3) is 0 Å². The van der Waals surface area contributed by atoms with Crippen LogP contribution in [0.4, 0.5) is 0 Å². The first-order valence-corrected chi connectivity index (χ1v) is 7.68. The number of hydrogen-bond acceptors (Lipinski definition) is 5. The van der Waals surface area contributed by atoms with Crippen molar-refractivity contribution in [2.75, 3.05) is 13.2 Å². The molecule has 0 aromatic carbocycles. The van der Waals surface area contributed by atoms with Crippen molar-refractivity contribution < 1.29 is 19.4 Å². The Morgan fingerprint density at radius 2 is 1.82 bits per heavy atom. The second-order valence-electron chi connectivity index (χ2n) is 6.15. The predicted molar refractivity (Wildman–Crippen MR) is 90.8 cm³/mol. The molecular weight excluding hydrogens is 282 g/mol. The van der Waals surface area contributed by atoms with Gasteiger partial charge in [-0.25, -0.2) is 5.90 Å². The fourth-order valence-electron chi connectivity index (χ4n) is 1.69. The molecule has 5 nitrogen and oxygen atoms in total. The fraction of sp³-hybridized carbons (Fsp3) is 0.765. The molecule has 0 spiro atoms. The van der Waals surface area contributed by atoms with Crippen LogP contribution in [0, 0.1) is 0 Å². The summed E-state index contributed by atoms with van der Waals surface area (Å²) >= 11 is 0. The lowest BCUT2D eigenvalue weighted by Gasteiger charge is -2.26. The summed E-state index contributed by atoms with van der Waals surface area (Å²) < 4.78 is 16.9. The fourth-order valence-corrected chi connectivity index (χ4v) is 1.69. The molecule has 0 saturated heterocycles. The maximum absolute atomic E-state index is 6.50. The van der Waals surface area contributed by atoms with Crippen molar-refractivity contribution in [2.24, 2.45) is 5.90 Å². The van der Waals surface area contributed by atoms with Gasteiger partial charge in [0, 0.05) is 0 Å². The van der Waals surface area contributed by atoms with Crippen LogP contribution in [0.5, 0.6) is 0 Å². The Morgan fingerprint density at radius 3 is 2.27 bits per heavy atom. The zero-order valence-corrected chi connectivity index (χ0v) is 15.3. The van der Waals surface area contributed by atoms with Crippen molar-refractivity contribution in [3.05, 3.63) is 24.0 Å². The van der Waals surface area contributed by atoms with Crippen LogP contribution in [0.3, 0.4) is 0 Å². The van der Waals surface area contributed by atoms with Gasteiger partial charge < -0.3 is 19.4 Å². The summed E-state index contributed by atoms with van der Waals surface area (Å²) in [5, 5.41) is 6.50. The van der Waals surface area contributed by atoms with E-state index >= 15 is 0 Å². The molecule has 0 aliphatic heterocycles. The van der Waals surface area contributed by atoms with E-state index in [0.717, 1.165) is 6.42 Å². The van der Waals surface area contributed by atoms with E-state index in [2.05, 4.69) is 60.1 Å². The smallest absolute Gasteiger partial charge is 0.114 e. The minimum Gasteiger partial charge on any atom is -0.496 e. The predicted octanol–water partition coefficient (Wildman–Crippen LogP) is 3.82. The highest BCUT2D eigenvalue weighted by molar-refractivity contribution is 5.04. The van der Waals surface area contributed by atoms with E-state index in [1.165, 1.54) is 5.57 Å². The van der Waals surface area contributed by atoms with Gasteiger partial charge >= 0.3 is 0 Å². The molecule has 0 aliphatic carbocycles. The van der Waals surface area contributed by atoms with Crippen molar-refractivity contribution in [2.45, 2.75) is 72.7 Å². The Hall–Kier alpha value is -0.880. The van der Waals surface area contributed by atoms with Crippen LogP contribution in [0.1, 0.15) is 54.9 Å². The molecule has 0 fully saturated rings. The summed E-state index contributed by atoms with van der Waals surface area (Å²) in [6.07, 6.45) is 3.32. The van der Waals surface area contributed by atoms with Gasteiger partial charge in [0.15, 0.2) is 0 Å². The molecule has 22 heavy (non-hydrogen) atoms. The largest absolute Gasteiger partial charge is 0.496 e. The Balaban J connectivity index is 0. The quantitative estimate of drug-likeness (QED) is 0.384. The molecule has 0 rings (SSSR count). The van der Waals surface area contributed by atoms with Crippen molar-refractivity contribution in [1.29, 1.82) is 0 Å². The third-order valence-electron chi connectivity index (χ3n) is 2.82. The number of hydrogen-bond donors (Lipinski definition) is 2. The van der Waals surface area contributed by atoms with Crippen molar-refractivity contribution >= 4 is 0 Å². The van der Waals surface area contributed by atoms with E-state index in [0.29, 0.717) is 19.0 Å². The van der Waals surface area contributed by atoms with Gasteiger partial charge in [-0.15, -0.1) is 0 Å². The number of ether oxygens (including phenoxy) is 3. The summed E-state index contributed by atoms with van der Waals surface area (Å²) in [5.74, 6) is 4.18. The molecule has 0 bridgehead atoms. The number of nitrogens with two attached hydrogens (primary N) is 1. The second-order valence-corrected chi connectivity index (χ2v) is 6.15. The number of rotatable bonds is 9. The third-order valence-corrected chi connectivity index (χ3v) is 2.82. The van der Waals surface area contributed by atoms with Gasteiger partial charge in [0.1, 0.15) is 12.4 Å². The Morgan fingerprint density at radius 1 is 1.27 bits per heavy atom. The summed E-state index contributed by atoms with van der Waals surface area (Å²) in [6, 6.07) is 0. The first-order chi connectivity index (χ1) is 10.2. The molecule has 0 aromatic heterocycles. The van der Waals surface area contributed by atoms with Crippen LogP contribution in [-0.4, -0.2) is 36.2 Å². The molecule has 0 aromatic rings. The molecule has 3 N–H and O–H groups in total. The van der Waals surface area contributed by atoms with E-state index < -0.39 is 0 Å². The molecule has 5 heteroatoms. The average molecular weight is 317 g/mol. The third kappa shape index (κ3) is 14.1. The highest BCUT2D eigenvalue weighted by Crippen LogP contribution is 2.17. The minimum atomic E-state index is -0.119. The molecule has 0 amide bonds. The Kier molecular flexibility index (Phi) is 13.4. The lowest BCUT2D eigenvalue weighted by molar-refractivity contribution is -0.0350. The van der Waals surface area contributed by atoms with E-state index in [4.69, 9.17) is 19.4 Å². The highest BCUT2D eigenvalue weighted by atomic mass is 16.5. The maximum atomic E-state index is 6.50. The van der Waals surface area contributed by atoms with E-state index in [9.17, 15) is 0 Å². The zero-order chi connectivity index (χ0) is 17.8. The lowest BCUT2D eigenvalue weighted by Crippen LogP contribution is -2.26. The Bertz CT molecular complexity index is 321. The van der Waals surface area contributed by atoms with Crippen molar-refractivity contribution in [1.82, 2.24) is 0 Å². The zero-order valence-electron chi connectivity index (χ0n) is 15.3. The molecule has 0 aliphatic rings. The SMILES string of the molecule is C=C(COC(C)C/C=C(\C)C(C)OC(C)(C)C)OCC.NO.